The zero-order chi connectivity index (χ0) is 13.8. The third kappa shape index (κ3) is 3.89. The number of likely N-dealkylation sites (tertiary alicyclic amines) is 1. The molecule has 0 aromatic heterocycles. The average Bonchev–Trinajstić information content (AvgIpc) is 2.40. The number of rotatable bonds is 4. The van der Waals surface area contributed by atoms with Crippen LogP contribution in [0.4, 0.5) is 8.78 Å². The molecule has 1 aliphatic rings. The first-order valence-electron chi connectivity index (χ1n) is 6.52. The molecule has 5 heteroatoms. The van der Waals surface area contributed by atoms with Crippen LogP contribution in [0.1, 0.15) is 24.8 Å². The summed E-state index contributed by atoms with van der Waals surface area (Å²) in [5, 5.41) is 0. The Morgan fingerprint density at radius 3 is 2.89 bits per heavy atom. The van der Waals surface area contributed by atoms with E-state index in [1.54, 1.807) is 0 Å². The number of alkyl halides is 1. The number of nitrogens with zero attached hydrogens (tertiary/aromatic N) is 1. The van der Waals surface area contributed by atoms with Crippen LogP contribution in [0.15, 0.2) is 16.6 Å². The maximum absolute atomic E-state index is 13.9. The van der Waals surface area contributed by atoms with Crippen LogP contribution in [0.2, 0.25) is 0 Å². The van der Waals surface area contributed by atoms with Crippen molar-refractivity contribution < 1.29 is 8.78 Å². The van der Waals surface area contributed by atoms with E-state index in [1.807, 2.05) is 0 Å². The number of benzene rings is 1. The molecule has 0 amide bonds. The molecule has 2 rings (SSSR count). The van der Waals surface area contributed by atoms with Gasteiger partial charge in [-0.15, -0.1) is 11.6 Å². The molecule has 1 aliphatic heterocycles. The molecule has 1 aromatic carbocycles. The summed E-state index contributed by atoms with van der Waals surface area (Å²) in [5.74, 6) is 0.238. The molecule has 106 valence electrons. The molecule has 1 aromatic rings. The van der Waals surface area contributed by atoms with E-state index in [0.717, 1.165) is 32.4 Å². The number of hydrogen-bond donors (Lipinski definition) is 0. The van der Waals surface area contributed by atoms with Crippen molar-refractivity contribution in [2.75, 3.05) is 19.0 Å². The Morgan fingerprint density at radius 2 is 2.16 bits per heavy atom. The second-order valence-corrected chi connectivity index (χ2v) is 6.28. The maximum atomic E-state index is 13.9. The Bertz CT molecular complexity index is 440. The van der Waals surface area contributed by atoms with Crippen LogP contribution in [0.3, 0.4) is 0 Å². The van der Waals surface area contributed by atoms with Crippen LogP contribution >= 0.6 is 27.5 Å². The molecule has 0 radical (unpaired) electrons. The van der Waals surface area contributed by atoms with Crippen molar-refractivity contribution in [2.45, 2.75) is 25.8 Å². The van der Waals surface area contributed by atoms with E-state index in [2.05, 4.69) is 20.8 Å². The quantitative estimate of drug-likeness (QED) is 0.567. The summed E-state index contributed by atoms with van der Waals surface area (Å²) >= 11 is 8.87. The van der Waals surface area contributed by atoms with Gasteiger partial charge in [0.15, 0.2) is 0 Å². The van der Waals surface area contributed by atoms with Crippen molar-refractivity contribution in [2.24, 2.45) is 5.92 Å². The van der Waals surface area contributed by atoms with E-state index in [1.165, 1.54) is 12.1 Å². The van der Waals surface area contributed by atoms with E-state index in [4.69, 9.17) is 11.6 Å². The minimum Gasteiger partial charge on any atom is -0.299 e. The summed E-state index contributed by atoms with van der Waals surface area (Å²) < 4.78 is 28.0. The predicted octanol–water partition coefficient (Wildman–Crippen LogP) is 4.57. The summed E-state index contributed by atoms with van der Waals surface area (Å²) in [6, 6.07) is 2.71. The van der Waals surface area contributed by atoms with Gasteiger partial charge in [-0.2, -0.15) is 0 Å². The number of halogens is 4. The third-order valence-electron chi connectivity index (χ3n) is 3.64. The van der Waals surface area contributed by atoms with Gasteiger partial charge in [-0.3, -0.25) is 4.90 Å². The largest absolute Gasteiger partial charge is 0.299 e. The molecule has 19 heavy (non-hydrogen) atoms. The van der Waals surface area contributed by atoms with Crippen LogP contribution in [0, 0.1) is 17.6 Å². The fourth-order valence-electron chi connectivity index (χ4n) is 2.62. The van der Waals surface area contributed by atoms with Gasteiger partial charge in [0.05, 0.1) is 4.47 Å². The van der Waals surface area contributed by atoms with E-state index >= 15 is 0 Å². The van der Waals surface area contributed by atoms with Crippen LogP contribution in [0.25, 0.3) is 0 Å². The van der Waals surface area contributed by atoms with Gasteiger partial charge in [-0.25, -0.2) is 8.78 Å². The summed E-state index contributed by atoms with van der Waals surface area (Å²) in [6.45, 7) is 2.10. The Balaban J connectivity index is 2.06. The highest BCUT2D eigenvalue weighted by Crippen LogP contribution is 2.26. The van der Waals surface area contributed by atoms with Gasteiger partial charge in [-0.05, 0) is 59.8 Å². The molecule has 0 bridgehead atoms. The molecular weight excluding hydrogens is 336 g/mol. The lowest BCUT2D eigenvalue weighted by Crippen LogP contribution is -2.35. The first kappa shape index (κ1) is 15.2. The Labute approximate surface area is 126 Å². The van der Waals surface area contributed by atoms with Gasteiger partial charge in [-0.1, -0.05) is 0 Å². The molecule has 0 spiro atoms. The van der Waals surface area contributed by atoms with Crippen molar-refractivity contribution in [3.63, 3.8) is 0 Å². The Kier molecular flexibility index (Phi) is 5.60. The highest BCUT2D eigenvalue weighted by molar-refractivity contribution is 9.10. The summed E-state index contributed by atoms with van der Waals surface area (Å²) in [5.41, 5.74) is 0.154. The van der Waals surface area contributed by atoms with Crippen molar-refractivity contribution in [3.05, 3.63) is 33.8 Å². The first-order chi connectivity index (χ1) is 9.11. The van der Waals surface area contributed by atoms with Crippen molar-refractivity contribution >= 4 is 27.5 Å². The van der Waals surface area contributed by atoms with Crippen molar-refractivity contribution in [1.82, 2.24) is 4.90 Å². The second-order valence-electron chi connectivity index (χ2n) is 5.04. The molecule has 1 saturated heterocycles. The normalized spacial score (nSPS) is 20.7. The molecule has 1 unspecified atom stereocenters. The first-order valence-corrected chi connectivity index (χ1v) is 7.85. The van der Waals surface area contributed by atoms with E-state index in [9.17, 15) is 8.78 Å². The molecule has 1 atom stereocenters. The molecular formula is C14H17BrClF2N. The fourth-order valence-corrected chi connectivity index (χ4v) is 3.30. The van der Waals surface area contributed by atoms with E-state index in [0.29, 0.717) is 22.8 Å². The van der Waals surface area contributed by atoms with Crippen LogP contribution < -0.4 is 0 Å². The van der Waals surface area contributed by atoms with Crippen molar-refractivity contribution in [3.8, 4) is 0 Å². The molecule has 0 aliphatic carbocycles. The van der Waals surface area contributed by atoms with Gasteiger partial charge in [0.25, 0.3) is 0 Å². The van der Waals surface area contributed by atoms with Gasteiger partial charge in [0.1, 0.15) is 11.6 Å². The predicted molar refractivity (Wildman–Crippen MR) is 77.4 cm³/mol. The number of piperidine rings is 1. The highest BCUT2D eigenvalue weighted by atomic mass is 79.9. The SMILES string of the molecule is Fc1ccc(Br)c(F)c1CN1CCCC(CCCl)C1. The minimum absolute atomic E-state index is 0.154. The average molecular weight is 353 g/mol. The lowest BCUT2D eigenvalue weighted by Gasteiger charge is -2.32. The van der Waals surface area contributed by atoms with Crippen molar-refractivity contribution in [1.29, 1.82) is 0 Å². The number of hydrogen-bond acceptors (Lipinski definition) is 1. The van der Waals surface area contributed by atoms with Gasteiger partial charge < -0.3 is 0 Å². The van der Waals surface area contributed by atoms with Crippen LogP contribution in [-0.2, 0) is 6.54 Å². The lowest BCUT2D eigenvalue weighted by atomic mass is 9.95. The second kappa shape index (κ2) is 7.00. The highest BCUT2D eigenvalue weighted by Gasteiger charge is 2.22. The zero-order valence-corrected chi connectivity index (χ0v) is 13.0. The van der Waals surface area contributed by atoms with Crippen LogP contribution in [-0.4, -0.2) is 23.9 Å². The Morgan fingerprint density at radius 1 is 1.37 bits per heavy atom. The molecule has 1 heterocycles. The van der Waals surface area contributed by atoms with Crippen LogP contribution in [0.5, 0.6) is 0 Å². The third-order valence-corrected chi connectivity index (χ3v) is 4.47. The molecule has 0 N–H and O–H groups in total. The summed E-state index contributed by atoms with van der Waals surface area (Å²) in [7, 11) is 0. The maximum Gasteiger partial charge on any atom is 0.144 e. The van der Waals surface area contributed by atoms with Gasteiger partial charge >= 0.3 is 0 Å². The lowest BCUT2D eigenvalue weighted by molar-refractivity contribution is 0.161. The zero-order valence-electron chi connectivity index (χ0n) is 10.6. The van der Waals surface area contributed by atoms with Gasteiger partial charge in [0, 0.05) is 24.5 Å². The van der Waals surface area contributed by atoms with E-state index in [-0.39, 0.29) is 5.56 Å². The monoisotopic (exact) mass is 351 g/mol. The molecule has 1 fully saturated rings. The molecule has 0 saturated carbocycles. The standard InChI is InChI=1S/C14H17BrClF2N/c15-12-3-4-13(17)11(14(12)18)9-19-7-1-2-10(8-19)5-6-16/h3-4,10H,1-2,5-9H2. The minimum atomic E-state index is -0.487. The molecule has 1 nitrogen and oxygen atoms in total. The Hall–Kier alpha value is -0.190. The smallest absolute Gasteiger partial charge is 0.144 e. The fraction of sp³-hybridized carbons (Fsp3) is 0.571. The summed E-state index contributed by atoms with van der Waals surface area (Å²) in [4.78, 5) is 2.12. The summed E-state index contributed by atoms with van der Waals surface area (Å²) in [6.07, 6.45) is 3.20. The topological polar surface area (TPSA) is 3.24 Å². The van der Waals surface area contributed by atoms with E-state index < -0.39 is 11.6 Å². The van der Waals surface area contributed by atoms with Gasteiger partial charge in [0.2, 0.25) is 0 Å².